The van der Waals surface area contributed by atoms with Crippen LogP contribution in [0.3, 0.4) is 0 Å². The molecule has 1 amide bonds. The lowest BCUT2D eigenvalue weighted by atomic mass is 10.1. The summed E-state index contributed by atoms with van der Waals surface area (Å²) in [6.45, 7) is 1.77. The smallest absolute Gasteiger partial charge is 0.242 e. The third-order valence-electron chi connectivity index (χ3n) is 5.16. The number of fused-ring (bicyclic) bond motifs is 2. The van der Waals surface area contributed by atoms with Crippen LogP contribution in [0.4, 0.5) is 10.1 Å². The van der Waals surface area contributed by atoms with Crippen molar-refractivity contribution in [3.63, 3.8) is 0 Å². The van der Waals surface area contributed by atoms with E-state index >= 15 is 0 Å². The van der Waals surface area contributed by atoms with Crippen LogP contribution in [0.5, 0.6) is 11.5 Å². The summed E-state index contributed by atoms with van der Waals surface area (Å²) in [4.78, 5) is 16.4. The van der Waals surface area contributed by atoms with Gasteiger partial charge in [0.05, 0.1) is 25.9 Å². The second kappa shape index (κ2) is 7.99. The lowest BCUT2D eigenvalue weighted by molar-refractivity contribution is -0.129. The fourth-order valence-corrected chi connectivity index (χ4v) is 3.56. The Hall–Kier alpha value is -3.28. The van der Waals surface area contributed by atoms with Gasteiger partial charge in [-0.3, -0.25) is 4.79 Å². The van der Waals surface area contributed by atoms with Gasteiger partial charge in [0.1, 0.15) is 23.9 Å². The molecule has 0 aromatic heterocycles. The van der Waals surface area contributed by atoms with Crippen LogP contribution in [-0.2, 0) is 11.3 Å². The molecule has 3 aromatic carbocycles. The maximum atomic E-state index is 13.4. The van der Waals surface area contributed by atoms with Crippen LogP contribution in [0.25, 0.3) is 10.8 Å². The molecule has 0 saturated heterocycles. The SMILES string of the molecule is COc1ccc2cc(CN(C)C(=O)CN3CCOc4cc(F)ccc43)ccc2c1. The van der Waals surface area contributed by atoms with Gasteiger partial charge in [-0.25, -0.2) is 4.39 Å². The van der Waals surface area contributed by atoms with Gasteiger partial charge in [0, 0.05) is 19.7 Å². The quantitative estimate of drug-likeness (QED) is 0.659. The maximum absolute atomic E-state index is 13.4. The Morgan fingerprint density at radius 1 is 1.14 bits per heavy atom. The van der Waals surface area contributed by atoms with Gasteiger partial charge in [0.2, 0.25) is 5.91 Å². The van der Waals surface area contributed by atoms with Gasteiger partial charge in [-0.15, -0.1) is 0 Å². The van der Waals surface area contributed by atoms with Crippen molar-refractivity contribution in [1.29, 1.82) is 0 Å². The minimum atomic E-state index is -0.344. The zero-order valence-corrected chi connectivity index (χ0v) is 16.5. The molecule has 0 atom stereocenters. The van der Waals surface area contributed by atoms with E-state index < -0.39 is 0 Å². The number of rotatable bonds is 5. The summed E-state index contributed by atoms with van der Waals surface area (Å²) in [5.41, 5.74) is 1.81. The Labute approximate surface area is 169 Å². The van der Waals surface area contributed by atoms with Crippen LogP contribution in [0.1, 0.15) is 5.56 Å². The molecule has 0 aliphatic carbocycles. The van der Waals surface area contributed by atoms with Crippen molar-refractivity contribution >= 4 is 22.4 Å². The second-order valence-electron chi connectivity index (χ2n) is 7.18. The molecule has 5 nitrogen and oxygen atoms in total. The predicted octanol–water partition coefficient (Wildman–Crippen LogP) is 3.84. The Bertz CT molecular complexity index is 1050. The zero-order chi connectivity index (χ0) is 20.4. The molecule has 0 fully saturated rings. The number of anilines is 1. The van der Waals surface area contributed by atoms with Gasteiger partial charge in [0.15, 0.2) is 0 Å². The van der Waals surface area contributed by atoms with Crippen molar-refractivity contribution < 1.29 is 18.7 Å². The zero-order valence-electron chi connectivity index (χ0n) is 16.5. The molecule has 0 spiro atoms. The largest absolute Gasteiger partial charge is 0.497 e. The van der Waals surface area contributed by atoms with E-state index in [4.69, 9.17) is 9.47 Å². The summed E-state index contributed by atoms with van der Waals surface area (Å²) in [5.74, 6) is 0.958. The molecule has 3 aromatic rings. The Morgan fingerprint density at radius 2 is 1.93 bits per heavy atom. The number of likely N-dealkylation sites (N-methyl/N-ethyl adjacent to an activating group) is 1. The van der Waals surface area contributed by atoms with Gasteiger partial charge in [-0.2, -0.15) is 0 Å². The molecule has 6 heteroatoms. The van der Waals surface area contributed by atoms with Gasteiger partial charge >= 0.3 is 0 Å². The van der Waals surface area contributed by atoms with Crippen molar-refractivity contribution in [2.24, 2.45) is 0 Å². The minimum absolute atomic E-state index is 0.00278. The fourth-order valence-electron chi connectivity index (χ4n) is 3.56. The highest BCUT2D eigenvalue weighted by atomic mass is 19.1. The molecule has 0 N–H and O–H groups in total. The summed E-state index contributed by atoms with van der Waals surface area (Å²) in [6, 6.07) is 16.5. The lowest BCUT2D eigenvalue weighted by Crippen LogP contribution is -2.41. The first kappa shape index (κ1) is 19.1. The number of hydrogen-bond donors (Lipinski definition) is 0. The monoisotopic (exact) mass is 394 g/mol. The molecule has 1 aliphatic rings. The molecule has 0 saturated carbocycles. The van der Waals surface area contributed by atoms with E-state index in [1.165, 1.54) is 12.1 Å². The number of benzene rings is 3. The van der Waals surface area contributed by atoms with Crippen LogP contribution in [0, 0.1) is 5.82 Å². The number of nitrogens with zero attached hydrogens (tertiary/aromatic N) is 2. The molecule has 0 bridgehead atoms. The van der Waals surface area contributed by atoms with Crippen LogP contribution < -0.4 is 14.4 Å². The molecule has 29 heavy (non-hydrogen) atoms. The molecular weight excluding hydrogens is 371 g/mol. The van der Waals surface area contributed by atoms with Crippen LogP contribution >= 0.6 is 0 Å². The number of carbonyl (C=O) groups is 1. The van der Waals surface area contributed by atoms with Crippen molar-refractivity contribution in [3.05, 3.63) is 66.0 Å². The van der Waals surface area contributed by atoms with Crippen LogP contribution in [-0.4, -0.2) is 44.7 Å². The molecular formula is C23H23FN2O3. The third-order valence-corrected chi connectivity index (χ3v) is 5.16. The van der Waals surface area contributed by atoms with Gasteiger partial charge in [-0.05, 0) is 46.7 Å². The predicted molar refractivity (Wildman–Crippen MR) is 111 cm³/mol. The average molecular weight is 394 g/mol. The first-order valence-electron chi connectivity index (χ1n) is 9.51. The summed E-state index contributed by atoms with van der Waals surface area (Å²) >= 11 is 0. The number of hydrogen-bond acceptors (Lipinski definition) is 4. The molecule has 4 rings (SSSR count). The highest BCUT2D eigenvalue weighted by Gasteiger charge is 2.22. The first-order chi connectivity index (χ1) is 14.0. The standard InChI is InChI=1S/C23H23FN2O3/c1-25(14-16-3-4-18-12-20(28-2)7-5-17(18)11-16)23(27)15-26-9-10-29-22-13-19(24)6-8-21(22)26/h3-8,11-13H,9-10,14-15H2,1-2H3. The van der Waals surface area contributed by atoms with Crippen LogP contribution in [0.15, 0.2) is 54.6 Å². The van der Waals surface area contributed by atoms with Crippen molar-refractivity contribution in [1.82, 2.24) is 4.90 Å². The van der Waals surface area contributed by atoms with E-state index in [0.717, 1.165) is 27.8 Å². The maximum Gasteiger partial charge on any atom is 0.242 e. The Balaban J connectivity index is 1.44. The first-order valence-corrected chi connectivity index (χ1v) is 9.51. The molecule has 0 unspecified atom stereocenters. The summed E-state index contributed by atoms with van der Waals surface area (Å²) < 4.78 is 24.2. The molecule has 1 heterocycles. The fraction of sp³-hybridized carbons (Fsp3) is 0.261. The number of ether oxygens (including phenoxy) is 2. The summed E-state index contributed by atoms with van der Waals surface area (Å²) in [5, 5.41) is 2.20. The summed E-state index contributed by atoms with van der Waals surface area (Å²) in [6.07, 6.45) is 0. The average Bonchev–Trinajstić information content (AvgIpc) is 2.73. The highest BCUT2D eigenvalue weighted by Crippen LogP contribution is 2.32. The van der Waals surface area contributed by atoms with Crippen molar-refractivity contribution in [3.8, 4) is 11.5 Å². The van der Waals surface area contributed by atoms with E-state index in [1.54, 1.807) is 25.1 Å². The van der Waals surface area contributed by atoms with Crippen molar-refractivity contribution in [2.45, 2.75) is 6.54 Å². The minimum Gasteiger partial charge on any atom is -0.497 e. The molecule has 1 aliphatic heterocycles. The summed E-state index contributed by atoms with van der Waals surface area (Å²) in [7, 11) is 3.45. The second-order valence-corrected chi connectivity index (χ2v) is 7.18. The van der Waals surface area contributed by atoms with E-state index in [-0.39, 0.29) is 18.3 Å². The van der Waals surface area contributed by atoms with Crippen molar-refractivity contribution in [2.75, 3.05) is 38.8 Å². The number of methoxy groups -OCH3 is 1. The van der Waals surface area contributed by atoms with Crippen LogP contribution in [0.2, 0.25) is 0 Å². The third kappa shape index (κ3) is 4.11. The highest BCUT2D eigenvalue weighted by molar-refractivity contribution is 5.85. The van der Waals surface area contributed by atoms with E-state index in [2.05, 4.69) is 6.07 Å². The lowest BCUT2D eigenvalue weighted by Gasteiger charge is -2.32. The number of halogens is 1. The van der Waals surface area contributed by atoms with Gasteiger partial charge in [0.25, 0.3) is 0 Å². The Morgan fingerprint density at radius 3 is 2.76 bits per heavy atom. The molecule has 0 radical (unpaired) electrons. The van der Waals surface area contributed by atoms with Gasteiger partial charge < -0.3 is 19.3 Å². The van der Waals surface area contributed by atoms with Gasteiger partial charge in [-0.1, -0.05) is 18.2 Å². The van der Waals surface area contributed by atoms with E-state index in [1.807, 2.05) is 35.2 Å². The Kier molecular flexibility index (Phi) is 5.25. The number of amides is 1. The topological polar surface area (TPSA) is 42.0 Å². The normalized spacial score (nSPS) is 13.0. The molecule has 150 valence electrons. The number of carbonyl (C=O) groups excluding carboxylic acids is 1. The van der Waals surface area contributed by atoms with E-state index in [9.17, 15) is 9.18 Å². The van der Waals surface area contributed by atoms with E-state index in [0.29, 0.717) is 25.4 Å².